The molecule has 2 heteroatoms. The maximum absolute atomic E-state index is 5.94. The van der Waals surface area contributed by atoms with Crippen molar-refractivity contribution in [3.63, 3.8) is 0 Å². The predicted molar refractivity (Wildman–Crippen MR) is 92.5 cm³/mol. The Morgan fingerprint density at radius 3 is 2.23 bits per heavy atom. The van der Waals surface area contributed by atoms with Gasteiger partial charge in [0.1, 0.15) is 11.4 Å². The molecule has 1 aliphatic carbocycles. The molecule has 3 rings (SSSR count). The molecule has 0 bridgehead atoms. The summed E-state index contributed by atoms with van der Waals surface area (Å²) in [6, 6.07) is 17.0. The lowest BCUT2D eigenvalue weighted by Crippen LogP contribution is -2.23. The Morgan fingerprint density at radius 2 is 1.68 bits per heavy atom. The van der Waals surface area contributed by atoms with E-state index in [9.17, 15) is 0 Å². The van der Waals surface area contributed by atoms with E-state index in [4.69, 9.17) is 4.74 Å². The van der Waals surface area contributed by atoms with E-state index in [0.717, 1.165) is 5.75 Å². The molecule has 0 spiro atoms. The molecular weight excluding hydrogens is 270 g/mol. The standard InChI is InChI=1S/C20H25NO/c1-15-14-17(22-19(2,3)4)10-11-18(15)21-20(12-13-20)16-8-6-5-7-9-16/h5-11,14,21H,12-13H2,1-4H3. The molecule has 0 amide bonds. The van der Waals surface area contributed by atoms with Crippen molar-refractivity contribution in [2.45, 2.75) is 51.7 Å². The Balaban J connectivity index is 1.79. The largest absolute Gasteiger partial charge is 0.488 e. The smallest absolute Gasteiger partial charge is 0.120 e. The number of hydrogen-bond acceptors (Lipinski definition) is 2. The van der Waals surface area contributed by atoms with Crippen LogP contribution < -0.4 is 10.1 Å². The highest BCUT2D eigenvalue weighted by molar-refractivity contribution is 5.57. The number of anilines is 1. The van der Waals surface area contributed by atoms with Crippen molar-refractivity contribution in [3.05, 3.63) is 59.7 Å². The van der Waals surface area contributed by atoms with Gasteiger partial charge in [-0.15, -0.1) is 0 Å². The van der Waals surface area contributed by atoms with Crippen molar-refractivity contribution in [1.82, 2.24) is 0 Å². The number of hydrogen-bond donors (Lipinski definition) is 1. The highest BCUT2D eigenvalue weighted by atomic mass is 16.5. The normalized spacial score (nSPS) is 16.2. The fourth-order valence-electron chi connectivity index (χ4n) is 2.82. The highest BCUT2D eigenvalue weighted by Crippen LogP contribution is 2.48. The third-order valence-corrected chi connectivity index (χ3v) is 4.07. The summed E-state index contributed by atoms with van der Waals surface area (Å²) in [4.78, 5) is 0. The second kappa shape index (κ2) is 5.35. The Morgan fingerprint density at radius 1 is 1.00 bits per heavy atom. The Kier molecular flexibility index (Phi) is 3.64. The van der Waals surface area contributed by atoms with Crippen LogP contribution >= 0.6 is 0 Å². The molecule has 0 unspecified atom stereocenters. The summed E-state index contributed by atoms with van der Waals surface area (Å²) in [5, 5.41) is 3.75. The van der Waals surface area contributed by atoms with Crippen LogP contribution in [0.15, 0.2) is 48.5 Å². The molecule has 0 saturated heterocycles. The molecule has 0 aromatic heterocycles. The predicted octanol–water partition coefficient (Wildman–Crippen LogP) is 5.27. The van der Waals surface area contributed by atoms with Gasteiger partial charge in [0.25, 0.3) is 0 Å². The van der Waals surface area contributed by atoms with Gasteiger partial charge in [0.2, 0.25) is 0 Å². The second-order valence-corrected chi connectivity index (χ2v) is 7.26. The molecule has 2 nitrogen and oxygen atoms in total. The molecule has 0 heterocycles. The van der Waals surface area contributed by atoms with Crippen LogP contribution in [0.25, 0.3) is 0 Å². The van der Waals surface area contributed by atoms with Crippen LogP contribution in [0.5, 0.6) is 5.75 Å². The van der Waals surface area contributed by atoms with Crippen LogP contribution in [-0.4, -0.2) is 5.60 Å². The Bertz CT molecular complexity index is 651. The van der Waals surface area contributed by atoms with Crippen molar-refractivity contribution in [2.75, 3.05) is 5.32 Å². The summed E-state index contributed by atoms with van der Waals surface area (Å²) in [5.41, 5.74) is 3.76. The first kappa shape index (κ1) is 15.0. The third-order valence-electron chi connectivity index (χ3n) is 4.07. The molecule has 22 heavy (non-hydrogen) atoms. The lowest BCUT2D eigenvalue weighted by molar-refractivity contribution is 0.131. The maximum Gasteiger partial charge on any atom is 0.120 e. The lowest BCUT2D eigenvalue weighted by Gasteiger charge is -2.24. The van der Waals surface area contributed by atoms with E-state index in [-0.39, 0.29) is 11.1 Å². The molecule has 116 valence electrons. The summed E-state index contributed by atoms with van der Waals surface area (Å²) in [5.74, 6) is 0.931. The van der Waals surface area contributed by atoms with E-state index in [0.29, 0.717) is 0 Å². The topological polar surface area (TPSA) is 21.3 Å². The zero-order chi connectivity index (χ0) is 15.8. The first-order valence-electron chi connectivity index (χ1n) is 8.01. The first-order valence-corrected chi connectivity index (χ1v) is 8.01. The van der Waals surface area contributed by atoms with Crippen molar-refractivity contribution < 1.29 is 4.74 Å². The van der Waals surface area contributed by atoms with Crippen molar-refractivity contribution in [1.29, 1.82) is 0 Å². The molecule has 0 aliphatic heterocycles. The minimum atomic E-state index is -0.164. The number of benzene rings is 2. The number of ether oxygens (including phenoxy) is 1. The average Bonchev–Trinajstić information content (AvgIpc) is 3.22. The van der Waals surface area contributed by atoms with Gasteiger partial charge in [-0.25, -0.2) is 0 Å². The monoisotopic (exact) mass is 295 g/mol. The van der Waals surface area contributed by atoms with E-state index < -0.39 is 0 Å². The minimum Gasteiger partial charge on any atom is -0.488 e. The van der Waals surface area contributed by atoms with E-state index in [1.54, 1.807) is 0 Å². The fraction of sp³-hybridized carbons (Fsp3) is 0.400. The number of nitrogens with one attached hydrogen (secondary N) is 1. The van der Waals surface area contributed by atoms with Crippen LogP contribution in [-0.2, 0) is 5.54 Å². The maximum atomic E-state index is 5.94. The summed E-state index contributed by atoms with van der Waals surface area (Å²) >= 11 is 0. The van der Waals surface area contributed by atoms with Crippen molar-refractivity contribution in [2.24, 2.45) is 0 Å². The summed E-state index contributed by atoms with van der Waals surface area (Å²) in [6.45, 7) is 8.36. The first-order chi connectivity index (χ1) is 10.4. The molecule has 1 aliphatic rings. The van der Waals surface area contributed by atoms with Crippen LogP contribution in [0.3, 0.4) is 0 Å². The Hall–Kier alpha value is -1.96. The van der Waals surface area contributed by atoms with Gasteiger partial charge in [-0.2, -0.15) is 0 Å². The van der Waals surface area contributed by atoms with Crippen molar-refractivity contribution in [3.8, 4) is 5.75 Å². The SMILES string of the molecule is Cc1cc(OC(C)(C)C)ccc1NC1(c2ccccc2)CC1. The van der Waals surface area contributed by atoms with E-state index in [1.165, 1.54) is 29.7 Å². The average molecular weight is 295 g/mol. The zero-order valence-electron chi connectivity index (χ0n) is 13.9. The quantitative estimate of drug-likeness (QED) is 0.829. The summed E-state index contributed by atoms with van der Waals surface area (Å²) < 4.78 is 5.94. The highest BCUT2D eigenvalue weighted by Gasteiger charge is 2.44. The van der Waals surface area contributed by atoms with E-state index in [1.807, 2.05) is 0 Å². The molecule has 1 fully saturated rings. The van der Waals surface area contributed by atoms with Gasteiger partial charge < -0.3 is 10.1 Å². The fourth-order valence-corrected chi connectivity index (χ4v) is 2.82. The Labute approximate surface area is 133 Å². The summed E-state index contributed by atoms with van der Waals surface area (Å²) in [6.07, 6.45) is 2.38. The van der Waals surface area contributed by atoms with Crippen molar-refractivity contribution >= 4 is 5.69 Å². The molecule has 0 atom stereocenters. The minimum absolute atomic E-state index is 0.123. The summed E-state index contributed by atoms with van der Waals surface area (Å²) in [7, 11) is 0. The molecule has 1 saturated carbocycles. The molecular formula is C20H25NO. The number of aryl methyl sites for hydroxylation is 1. The van der Waals surface area contributed by atoms with Gasteiger partial charge in [0.05, 0.1) is 5.54 Å². The molecule has 1 N–H and O–H groups in total. The lowest BCUT2D eigenvalue weighted by atomic mass is 10.0. The molecule has 0 radical (unpaired) electrons. The van der Waals surface area contributed by atoms with Crippen LogP contribution in [0.4, 0.5) is 5.69 Å². The second-order valence-electron chi connectivity index (χ2n) is 7.26. The van der Waals surface area contributed by atoms with Gasteiger partial charge >= 0.3 is 0 Å². The van der Waals surface area contributed by atoms with Gasteiger partial charge in [-0.05, 0) is 69.9 Å². The van der Waals surface area contributed by atoms with Crippen LogP contribution in [0, 0.1) is 6.92 Å². The van der Waals surface area contributed by atoms with E-state index in [2.05, 4.69) is 81.5 Å². The zero-order valence-corrected chi connectivity index (χ0v) is 13.9. The van der Waals surface area contributed by atoms with Gasteiger partial charge in [0, 0.05) is 5.69 Å². The van der Waals surface area contributed by atoms with Gasteiger partial charge in [-0.3, -0.25) is 0 Å². The van der Waals surface area contributed by atoms with Crippen LogP contribution in [0.2, 0.25) is 0 Å². The van der Waals surface area contributed by atoms with E-state index >= 15 is 0 Å². The van der Waals surface area contributed by atoms with Crippen LogP contribution in [0.1, 0.15) is 44.7 Å². The van der Waals surface area contributed by atoms with Gasteiger partial charge in [-0.1, -0.05) is 30.3 Å². The third kappa shape index (κ3) is 3.27. The number of rotatable bonds is 4. The molecule has 2 aromatic carbocycles. The molecule has 2 aromatic rings. The van der Waals surface area contributed by atoms with Gasteiger partial charge in [0.15, 0.2) is 0 Å².